The average Bonchev–Trinajstić information content (AvgIpc) is 3.62. The van der Waals surface area contributed by atoms with Gasteiger partial charge in [-0.25, -0.2) is 0 Å². The molecule has 5 aromatic carbocycles. The van der Waals surface area contributed by atoms with Crippen molar-refractivity contribution in [1.82, 2.24) is 8.97 Å². The van der Waals surface area contributed by atoms with E-state index in [4.69, 9.17) is 16.9 Å². The Morgan fingerprint density at radius 3 is 2.00 bits per heavy atom. The zero-order valence-corrected chi connectivity index (χ0v) is 24.7. The lowest BCUT2D eigenvalue weighted by molar-refractivity contribution is 1.22. The molecule has 0 unspecified atom stereocenters. The number of aliphatic imine (C=N–C) groups is 1. The molecule has 3 heterocycles. The number of aromatic nitrogens is 2. The van der Waals surface area contributed by atoms with Crippen LogP contribution in [0.5, 0.6) is 0 Å². The van der Waals surface area contributed by atoms with Gasteiger partial charge in [-0.2, -0.15) is 4.99 Å². The number of amidine groups is 1. The van der Waals surface area contributed by atoms with Crippen molar-refractivity contribution in [3.8, 4) is 0 Å². The van der Waals surface area contributed by atoms with Gasteiger partial charge in [0.1, 0.15) is 0 Å². The van der Waals surface area contributed by atoms with Crippen LogP contribution in [0, 0.1) is 5.41 Å². The van der Waals surface area contributed by atoms with E-state index in [0.29, 0.717) is 11.3 Å². The highest BCUT2D eigenvalue weighted by Crippen LogP contribution is 2.38. The van der Waals surface area contributed by atoms with Crippen LogP contribution < -0.4 is 11.5 Å². The molecule has 0 atom stereocenters. The Kier molecular flexibility index (Phi) is 6.03. The molecule has 6 nitrogen and oxygen atoms in total. The van der Waals surface area contributed by atoms with Gasteiger partial charge < -0.3 is 15.9 Å². The van der Waals surface area contributed by atoms with Crippen LogP contribution in [0.3, 0.4) is 0 Å². The van der Waals surface area contributed by atoms with Gasteiger partial charge in [0.15, 0.2) is 5.84 Å². The molecular weight excluding hydrogens is 552 g/mol. The van der Waals surface area contributed by atoms with E-state index < -0.39 is 0 Å². The van der Waals surface area contributed by atoms with E-state index in [1.807, 2.05) is 72.2 Å². The highest BCUT2D eigenvalue weighted by Gasteiger charge is 2.18. The van der Waals surface area contributed by atoms with Gasteiger partial charge in [-0.15, -0.1) is 0 Å². The van der Waals surface area contributed by atoms with E-state index >= 15 is 0 Å². The maximum atomic E-state index is 8.85. The number of allylic oxidation sites excluding steroid dienone is 3. The molecule has 216 valence electrons. The molecule has 0 aliphatic rings. The topological polar surface area (TPSA) is 97.6 Å². The normalized spacial score (nSPS) is 13.0. The SMILES string of the molecule is C/C=C\C=C(/N)c1cccc(C(=N)N=C(N)n2c3ccccc3c3cc4c(cc32)cc2c3ccccc3c3ccccc3n42)c1. The van der Waals surface area contributed by atoms with Crippen molar-refractivity contribution < 1.29 is 0 Å². The predicted octanol–water partition coefficient (Wildman–Crippen LogP) is 8.57. The lowest BCUT2D eigenvalue weighted by Gasteiger charge is -2.10. The number of benzene rings is 5. The summed E-state index contributed by atoms with van der Waals surface area (Å²) < 4.78 is 4.33. The Labute approximate surface area is 259 Å². The Hall–Kier alpha value is -6.14. The maximum absolute atomic E-state index is 8.85. The second kappa shape index (κ2) is 10.2. The Morgan fingerprint density at radius 1 is 0.622 bits per heavy atom. The van der Waals surface area contributed by atoms with Gasteiger partial charge in [-0.05, 0) is 60.3 Å². The van der Waals surface area contributed by atoms with E-state index in [2.05, 4.69) is 82.2 Å². The van der Waals surface area contributed by atoms with E-state index in [9.17, 15) is 0 Å². The highest BCUT2D eigenvalue weighted by molar-refractivity contribution is 6.21. The van der Waals surface area contributed by atoms with Gasteiger partial charge in [0, 0.05) is 38.2 Å². The standard InChI is InChI=1S/C39H30N6/c1-2-3-17-32(40)24-11-10-12-25(20-24)38(41)43-39(42)45-34-19-9-7-16-30(34)31-23-35-26(22-37(31)45)21-36-29-15-5-4-13-27(29)28-14-6-8-18-33(28)44(35)36/h2-23H,40H2,1H3,(H3,41,42,43)/b3-2-,32-17-. The summed E-state index contributed by atoms with van der Waals surface area (Å²) >= 11 is 0. The van der Waals surface area contributed by atoms with Crippen molar-refractivity contribution in [2.75, 3.05) is 0 Å². The summed E-state index contributed by atoms with van der Waals surface area (Å²) in [5.41, 5.74) is 20.4. The Bertz CT molecular complexity index is 2590. The number of hydrogen-bond donors (Lipinski definition) is 3. The molecule has 5 N–H and O–H groups in total. The highest BCUT2D eigenvalue weighted by atomic mass is 15.2. The van der Waals surface area contributed by atoms with Crippen LogP contribution in [-0.4, -0.2) is 20.8 Å². The van der Waals surface area contributed by atoms with Crippen LogP contribution in [0.15, 0.2) is 138 Å². The molecule has 6 heteroatoms. The van der Waals surface area contributed by atoms with E-state index in [1.165, 1.54) is 21.7 Å². The van der Waals surface area contributed by atoms with Crippen molar-refractivity contribution in [2.45, 2.75) is 6.92 Å². The van der Waals surface area contributed by atoms with Crippen LogP contribution in [0.1, 0.15) is 18.1 Å². The zero-order chi connectivity index (χ0) is 30.7. The second-order valence-electron chi connectivity index (χ2n) is 11.3. The van der Waals surface area contributed by atoms with Gasteiger partial charge in [0.2, 0.25) is 5.96 Å². The molecule has 0 saturated heterocycles. The summed E-state index contributed by atoms with van der Waals surface area (Å²) in [4.78, 5) is 4.62. The predicted molar refractivity (Wildman–Crippen MR) is 190 cm³/mol. The van der Waals surface area contributed by atoms with Crippen LogP contribution in [0.2, 0.25) is 0 Å². The van der Waals surface area contributed by atoms with Gasteiger partial charge in [0.05, 0.1) is 27.6 Å². The third-order valence-electron chi connectivity index (χ3n) is 8.63. The first-order valence-corrected chi connectivity index (χ1v) is 14.9. The minimum atomic E-state index is 0.0627. The number of fused-ring (bicyclic) bond motifs is 11. The second-order valence-corrected chi connectivity index (χ2v) is 11.3. The fraction of sp³-hybridized carbons (Fsp3) is 0.0256. The van der Waals surface area contributed by atoms with Crippen LogP contribution in [-0.2, 0) is 0 Å². The van der Waals surface area contributed by atoms with Crippen LogP contribution in [0.4, 0.5) is 0 Å². The molecule has 0 aliphatic carbocycles. The number of nitrogens with zero attached hydrogens (tertiary/aromatic N) is 3. The molecule has 8 aromatic rings. The minimum Gasteiger partial charge on any atom is -0.398 e. The molecule has 8 rings (SSSR count). The van der Waals surface area contributed by atoms with Crippen molar-refractivity contribution >= 4 is 77.4 Å². The zero-order valence-electron chi connectivity index (χ0n) is 24.7. The minimum absolute atomic E-state index is 0.0627. The number of rotatable bonds is 3. The van der Waals surface area contributed by atoms with E-state index in [-0.39, 0.29) is 11.8 Å². The summed E-state index contributed by atoms with van der Waals surface area (Å²) in [6.45, 7) is 1.94. The summed E-state index contributed by atoms with van der Waals surface area (Å²) in [6.07, 6.45) is 5.66. The van der Waals surface area contributed by atoms with Gasteiger partial charge in [0.25, 0.3) is 0 Å². The molecular formula is C39H30N6. The first kappa shape index (κ1) is 26.5. The van der Waals surface area contributed by atoms with Crippen molar-refractivity contribution in [3.63, 3.8) is 0 Å². The summed E-state index contributed by atoms with van der Waals surface area (Å²) in [5, 5.41) is 15.8. The monoisotopic (exact) mass is 582 g/mol. The number of nitrogens with one attached hydrogen (secondary N) is 1. The number of nitrogens with two attached hydrogens (primary N) is 2. The smallest absolute Gasteiger partial charge is 0.207 e. The maximum Gasteiger partial charge on any atom is 0.207 e. The quantitative estimate of drug-likeness (QED) is 0.0842. The summed E-state index contributed by atoms with van der Waals surface area (Å²) in [7, 11) is 0. The molecule has 0 fully saturated rings. The number of hydrogen-bond acceptors (Lipinski definition) is 2. The molecule has 0 amide bonds. The molecule has 0 saturated carbocycles. The lowest BCUT2D eigenvalue weighted by Crippen LogP contribution is -2.23. The third kappa shape index (κ3) is 4.11. The third-order valence-corrected chi connectivity index (χ3v) is 8.63. The molecule has 0 radical (unpaired) electrons. The average molecular weight is 583 g/mol. The van der Waals surface area contributed by atoms with Gasteiger partial charge >= 0.3 is 0 Å². The number of pyridine rings is 1. The Morgan fingerprint density at radius 2 is 1.24 bits per heavy atom. The molecule has 0 bridgehead atoms. The first-order valence-electron chi connectivity index (χ1n) is 14.9. The van der Waals surface area contributed by atoms with E-state index in [0.717, 1.165) is 43.8 Å². The van der Waals surface area contributed by atoms with Gasteiger partial charge in [-0.1, -0.05) is 91.0 Å². The fourth-order valence-electron chi connectivity index (χ4n) is 6.58. The molecule has 0 aliphatic heterocycles. The Balaban J connectivity index is 1.35. The summed E-state index contributed by atoms with van der Waals surface area (Å²) in [5.74, 6) is 0.292. The first-order chi connectivity index (χ1) is 22.0. The summed E-state index contributed by atoms with van der Waals surface area (Å²) in [6, 6.07) is 39.6. The van der Waals surface area contributed by atoms with Crippen LogP contribution >= 0.6 is 0 Å². The van der Waals surface area contributed by atoms with Crippen LogP contribution in [0.25, 0.3) is 65.6 Å². The lowest BCUT2D eigenvalue weighted by atomic mass is 10.1. The molecule has 45 heavy (non-hydrogen) atoms. The van der Waals surface area contributed by atoms with Crippen molar-refractivity contribution in [3.05, 3.63) is 145 Å². The fourth-order valence-corrected chi connectivity index (χ4v) is 6.58. The number of para-hydroxylation sites is 2. The molecule has 3 aromatic heterocycles. The van der Waals surface area contributed by atoms with Crippen molar-refractivity contribution in [1.29, 1.82) is 5.41 Å². The van der Waals surface area contributed by atoms with Crippen molar-refractivity contribution in [2.24, 2.45) is 16.5 Å². The molecule has 0 spiro atoms. The van der Waals surface area contributed by atoms with E-state index in [1.54, 1.807) is 0 Å². The van der Waals surface area contributed by atoms with Gasteiger partial charge in [-0.3, -0.25) is 9.98 Å². The largest absolute Gasteiger partial charge is 0.398 e.